The van der Waals surface area contributed by atoms with Gasteiger partial charge in [0, 0.05) is 58.2 Å². The third kappa shape index (κ3) is 3.55. The molecular formula is C17H25N7. The highest BCUT2D eigenvalue weighted by Crippen LogP contribution is 2.19. The molecule has 0 spiro atoms. The Morgan fingerprint density at radius 1 is 1.00 bits per heavy atom. The van der Waals surface area contributed by atoms with Gasteiger partial charge >= 0.3 is 0 Å². The summed E-state index contributed by atoms with van der Waals surface area (Å²) in [5, 5.41) is 0. The van der Waals surface area contributed by atoms with Crippen LogP contribution >= 0.6 is 0 Å². The van der Waals surface area contributed by atoms with Crippen molar-refractivity contribution in [2.45, 2.75) is 20.3 Å². The monoisotopic (exact) mass is 327 g/mol. The minimum absolute atomic E-state index is 0.744. The molecule has 2 aromatic rings. The second kappa shape index (κ2) is 6.98. The number of aromatic nitrogens is 4. The number of hydrogen-bond donors (Lipinski definition) is 0. The SMILES string of the molecule is CCc1cc(N2CCN(c3ccnc(N(C)C)n3)CC2)nc(C)n1. The van der Waals surface area contributed by atoms with E-state index < -0.39 is 0 Å². The largest absolute Gasteiger partial charge is 0.353 e. The fraction of sp³-hybridized carbons (Fsp3) is 0.529. The van der Waals surface area contributed by atoms with Crippen LogP contribution in [0, 0.1) is 6.92 Å². The van der Waals surface area contributed by atoms with Gasteiger partial charge in [-0.3, -0.25) is 0 Å². The molecule has 3 rings (SSSR count). The van der Waals surface area contributed by atoms with Crippen molar-refractivity contribution in [2.75, 3.05) is 55.0 Å². The quantitative estimate of drug-likeness (QED) is 0.844. The molecule has 24 heavy (non-hydrogen) atoms. The van der Waals surface area contributed by atoms with Crippen LogP contribution in [0.2, 0.25) is 0 Å². The zero-order valence-corrected chi connectivity index (χ0v) is 14.9. The molecule has 0 N–H and O–H groups in total. The van der Waals surface area contributed by atoms with E-state index in [4.69, 9.17) is 0 Å². The molecule has 0 atom stereocenters. The summed E-state index contributed by atoms with van der Waals surface area (Å²) in [6.45, 7) is 7.80. The maximum atomic E-state index is 4.63. The van der Waals surface area contributed by atoms with E-state index in [2.05, 4.69) is 42.7 Å². The van der Waals surface area contributed by atoms with Gasteiger partial charge in [-0.15, -0.1) is 0 Å². The van der Waals surface area contributed by atoms with Crippen LogP contribution in [-0.2, 0) is 6.42 Å². The summed E-state index contributed by atoms with van der Waals surface area (Å²) < 4.78 is 0. The standard InChI is InChI=1S/C17H25N7/c1-5-14-12-16(20-13(2)19-14)24-10-8-23(9-11-24)15-6-7-18-17(21-15)22(3)4/h6-7,12H,5,8-11H2,1-4H3. The van der Waals surface area contributed by atoms with Gasteiger partial charge in [0.05, 0.1) is 0 Å². The number of piperazine rings is 1. The summed E-state index contributed by atoms with van der Waals surface area (Å²) >= 11 is 0. The Hall–Kier alpha value is -2.44. The van der Waals surface area contributed by atoms with Crippen LogP contribution in [0.5, 0.6) is 0 Å². The van der Waals surface area contributed by atoms with Gasteiger partial charge in [0.15, 0.2) is 0 Å². The van der Waals surface area contributed by atoms with E-state index in [0.717, 1.165) is 61.7 Å². The van der Waals surface area contributed by atoms with E-state index in [1.54, 1.807) is 0 Å². The molecule has 7 nitrogen and oxygen atoms in total. The van der Waals surface area contributed by atoms with Gasteiger partial charge in [0.25, 0.3) is 0 Å². The van der Waals surface area contributed by atoms with Crippen molar-refractivity contribution in [3.05, 3.63) is 29.8 Å². The molecule has 1 aliphatic rings. The fourth-order valence-corrected chi connectivity index (χ4v) is 2.85. The van der Waals surface area contributed by atoms with E-state index in [1.807, 2.05) is 38.2 Å². The van der Waals surface area contributed by atoms with Crippen LogP contribution < -0.4 is 14.7 Å². The molecular weight excluding hydrogens is 302 g/mol. The molecule has 0 aliphatic carbocycles. The Balaban J connectivity index is 1.70. The molecule has 0 radical (unpaired) electrons. The first-order valence-corrected chi connectivity index (χ1v) is 8.41. The topological polar surface area (TPSA) is 61.3 Å². The van der Waals surface area contributed by atoms with Crippen molar-refractivity contribution in [2.24, 2.45) is 0 Å². The summed E-state index contributed by atoms with van der Waals surface area (Å²) in [6.07, 6.45) is 2.76. The third-order valence-electron chi connectivity index (χ3n) is 4.20. The van der Waals surface area contributed by atoms with Crippen LogP contribution in [0.1, 0.15) is 18.4 Å². The lowest BCUT2D eigenvalue weighted by Gasteiger charge is -2.36. The van der Waals surface area contributed by atoms with E-state index in [9.17, 15) is 0 Å². The van der Waals surface area contributed by atoms with Gasteiger partial charge in [-0.1, -0.05) is 6.92 Å². The molecule has 1 fully saturated rings. The number of nitrogens with zero attached hydrogens (tertiary/aromatic N) is 7. The second-order valence-electron chi connectivity index (χ2n) is 6.20. The van der Waals surface area contributed by atoms with Crippen LogP contribution in [0.3, 0.4) is 0 Å². The van der Waals surface area contributed by atoms with Gasteiger partial charge < -0.3 is 14.7 Å². The molecule has 7 heteroatoms. The highest BCUT2D eigenvalue weighted by atomic mass is 15.3. The summed E-state index contributed by atoms with van der Waals surface area (Å²) in [7, 11) is 3.92. The molecule has 0 saturated carbocycles. The molecule has 2 aromatic heterocycles. The Bertz CT molecular complexity index is 693. The predicted octanol–water partition coefficient (Wildman–Crippen LogP) is 1.53. The van der Waals surface area contributed by atoms with Crippen LogP contribution in [0.25, 0.3) is 0 Å². The van der Waals surface area contributed by atoms with E-state index in [0.29, 0.717) is 0 Å². The lowest BCUT2D eigenvalue weighted by atomic mass is 10.2. The summed E-state index contributed by atoms with van der Waals surface area (Å²) in [4.78, 5) is 24.6. The van der Waals surface area contributed by atoms with Crippen molar-refractivity contribution in [1.82, 2.24) is 19.9 Å². The van der Waals surface area contributed by atoms with Crippen molar-refractivity contribution < 1.29 is 0 Å². The average molecular weight is 327 g/mol. The van der Waals surface area contributed by atoms with Crippen molar-refractivity contribution >= 4 is 17.6 Å². The van der Waals surface area contributed by atoms with Gasteiger partial charge in [-0.05, 0) is 19.4 Å². The van der Waals surface area contributed by atoms with Crippen LogP contribution in [0.4, 0.5) is 17.6 Å². The zero-order chi connectivity index (χ0) is 17.1. The Morgan fingerprint density at radius 3 is 2.29 bits per heavy atom. The number of rotatable bonds is 4. The highest BCUT2D eigenvalue weighted by Gasteiger charge is 2.20. The van der Waals surface area contributed by atoms with Crippen LogP contribution in [0.15, 0.2) is 18.3 Å². The molecule has 1 aliphatic heterocycles. The first kappa shape index (κ1) is 16.4. The number of aryl methyl sites for hydroxylation is 2. The lowest BCUT2D eigenvalue weighted by Crippen LogP contribution is -2.47. The molecule has 0 aromatic carbocycles. The first-order chi connectivity index (χ1) is 11.6. The van der Waals surface area contributed by atoms with Gasteiger partial charge in [0.2, 0.25) is 5.95 Å². The van der Waals surface area contributed by atoms with E-state index in [-0.39, 0.29) is 0 Å². The summed E-state index contributed by atoms with van der Waals surface area (Å²) in [6, 6.07) is 4.09. The van der Waals surface area contributed by atoms with Crippen molar-refractivity contribution in [3.8, 4) is 0 Å². The first-order valence-electron chi connectivity index (χ1n) is 8.41. The lowest BCUT2D eigenvalue weighted by molar-refractivity contribution is 0.638. The molecule has 3 heterocycles. The van der Waals surface area contributed by atoms with Crippen molar-refractivity contribution in [3.63, 3.8) is 0 Å². The maximum absolute atomic E-state index is 4.63. The zero-order valence-electron chi connectivity index (χ0n) is 14.9. The van der Waals surface area contributed by atoms with Crippen LogP contribution in [-0.4, -0.2) is 60.2 Å². The van der Waals surface area contributed by atoms with Gasteiger partial charge in [-0.25, -0.2) is 15.0 Å². The molecule has 0 bridgehead atoms. The van der Waals surface area contributed by atoms with Gasteiger partial charge in [0.1, 0.15) is 17.5 Å². The fourth-order valence-electron chi connectivity index (χ4n) is 2.85. The molecule has 1 saturated heterocycles. The number of hydrogen-bond acceptors (Lipinski definition) is 7. The number of anilines is 3. The molecule has 0 amide bonds. The minimum Gasteiger partial charge on any atom is -0.353 e. The van der Waals surface area contributed by atoms with E-state index in [1.165, 1.54) is 0 Å². The Kier molecular flexibility index (Phi) is 4.78. The molecule has 128 valence electrons. The van der Waals surface area contributed by atoms with E-state index >= 15 is 0 Å². The summed E-state index contributed by atoms with van der Waals surface area (Å²) in [5.41, 5.74) is 1.10. The smallest absolute Gasteiger partial charge is 0.226 e. The Morgan fingerprint density at radius 2 is 1.67 bits per heavy atom. The average Bonchev–Trinajstić information content (AvgIpc) is 2.61. The highest BCUT2D eigenvalue weighted by molar-refractivity contribution is 5.47. The second-order valence-corrected chi connectivity index (χ2v) is 6.20. The van der Waals surface area contributed by atoms with Gasteiger partial charge in [-0.2, -0.15) is 4.98 Å². The normalized spacial score (nSPS) is 14.8. The minimum atomic E-state index is 0.744. The van der Waals surface area contributed by atoms with Crippen molar-refractivity contribution in [1.29, 1.82) is 0 Å². The maximum Gasteiger partial charge on any atom is 0.226 e. The third-order valence-corrected chi connectivity index (χ3v) is 4.20. The molecule has 0 unspecified atom stereocenters. The summed E-state index contributed by atoms with van der Waals surface area (Å²) in [5.74, 6) is 3.62. The predicted molar refractivity (Wildman–Crippen MR) is 96.9 cm³/mol. The Labute approximate surface area is 143 Å².